The fourth-order valence-electron chi connectivity index (χ4n) is 2.00. The SMILES string of the molecule is CN=C1NCc2ccc(C(=O)C(C)(C)C)cc21. The molecule has 0 bridgehead atoms. The Bertz CT molecular complexity index is 495. The first-order valence-electron chi connectivity index (χ1n) is 5.82. The number of ketones is 1. The molecule has 3 nitrogen and oxygen atoms in total. The van der Waals surface area contributed by atoms with Crippen LogP contribution in [0.3, 0.4) is 0 Å². The number of rotatable bonds is 1. The first kappa shape index (κ1) is 11.8. The van der Waals surface area contributed by atoms with Crippen LogP contribution in [-0.4, -0.2) is 18.7 Å². The second-order valence-electron chi connectivity index (χ2n) is 5.38. The Kier molecular flexibility index (Phi) is 2.77. The average Bonchev–Trinajstić information content (AvgIpc) is 2.68. The molecular weight excluding hydrogens is 212 g/mol. The minimum Gasteiger partial charge on any atom is -0.366 e. The van der Waals surface area contributed by atoms with E-state index >= 15 is 0 Å². The number of Topliss-reactive ketones (excluding diaryl/α,β-unsaturated/α-hetero) is 1. The Balaban J connectivity index is 2.44. The minimum absolute atomic E-state index is 0.169. The molecule has 0 spiro atoms. The molecule has 17 heavy (non-hydrogen) atoms. The quantitative estimate of drug-likeness (QED) is 0.753. The van der Waals surface area contributed by atoms with Crippen molar-refractivity contribution in [3.8, 4) is 0 Å². The molecule has 0 radical (unpaired) electrons. The summed E-state index contributed by atoms with van der Waals surface area (Å²) >= 11 is 0. The van der Waals surface area contributed by atoms with Crippen LogP contribution >= 0.6 is 0 Å². The summed E-state index contributed by atoms with van der Waals surface area (Å²) in [6, 6.07) is 5.87. The number of amidine groups is 1. The molecule has 0 atom stereocenters. The summed E-state index contributed by atoms with van der Waals surface area (Å²) in [5.41, 5.74) is 2.68. The smallest absolute Gasteiger partial charge is 0.168 e. The fourth-order valence-corrected chi connectivity index (χ4v) is 2.00. The predicted octanol–water partition coefficient (Wildman–Crippen LogP) is 2.40. The van der Waals surface area contributed by atoms with E-state index in [1.807, 2.05) is 39.0 Å². The second kappa shape index (κ2) is 3.99. The number of hydrogen-bond donors (Lipinski definition) is 1. The van der Waals surface area contributed by atoms with E-state index in [-0.39, 0.29) is 11.2 Å². The molecule has 1 aromatic rings. The average molecular weight is 230 g/mol. The summed E-state index contributed by atoms with van der Waals surface area (Å²) in [5, 5.41) is 3.22. The lowest BCUT2D eigenvalue weighted by Crippen LogP contribution is -2.20. The largest absolute Gasteiger partial charge is 0.366 e. The summed E-state index contributed by atoms with van der Waals surface area (Å²) < 4.78 is 0. The molecule has 0 amide bonds. The highest BCUT2D eigenvalue weighted by Crippen LogP contribution is 2.24. The van der Waals surface area contributed by atoms with Crippen molar-refractivity contribution in [2.75, 3.05) is 7.05 Å². The summed E-state index contributed by atoms with van der Waals surface area (Å²) in [5.74, 6) is 1.05. The molecule has 0 saturated carbocycles. The molecule has 1 aliphatic heterocycles. The summed E-state index contributed by atoms with van der Waals surface area (Å²) in [7, 11) is 1.76. The Morgan fingerprint density at radius 3 is 2.65 bits per heavy atom. The zero-order valence-electron chi connectivity index (χ0n) is 10.8. The van der Waals surface area contributed by atoms with Gasteiger partial charge in [-0.1, -0.05) is 32.9 Å². The van der Waals surface area contributed by atoms with Crippen LogP contribution in [0.1, 0.15) is 42.3 Å². The molecule has 0 aliphatic carbocycles. The van der Waals surface area contributed by atoms with Gasteiger partial charge in [0.1, 0.15) is 5.84 Å². The molecule has 2 rings (SSSR count). The third kappa shape index (κ3) is 2.09. The van der Waals surface area contributed by atoms with Gasteiger partial charge in [0, 0.05) is 30.1 Å². The Morgan fingerprint density at radius 1 is 1.35 bits per heavy atom. The maximum absolute atomic E-state index is 12.2. The fraction of sp³-hybridized carbons (Fsp3) is 0.429. The number of nitrogens with one attached hydrogen (secondary N) is 1. The normalized spacial score (nSPS) is 16.8. The number of fused-ring (bicyclic) bond motifs is 1. The minimum atomic E-state index is -0.343. The van der Waals surface area contributed by atoms with Crippen LogP contribution in [0.2, 0.25) is 0 Å². The highest BCUT2D eigenvalue weighted by Gasteiger charge is 2.25. The van der Waals surface area contributed by atoms with Crippen molar-refractivity contribution in [1.29, 1.82) is 0 Å². The van der Waals surface area contributed by atoms with Crippen LogP contribution in [0.5, 0.6) is 0 Å². The Labute approximate surface area is 102 Å². The molecule has 0 saturated heterocycles. The van der Waals surface area contributed by atoms with Crippen LogP contribution in [0.4, 0.5) is 0 Å². The van der Waals surface area contributed by atoms with Gasteiger partial charge >= 0.3 is 0 Å². The van der Waals surface area contributed by atoms with E-state index in [0.717, 1.165) is 23.5 Å². The maximum atomic E-state index is 12.2. The van der Waals surface area contributed by atoms with Gasteiger partial charge in [-0.25, -0.2) is 0 Å². The van der Waals surface area contributed by atoms with Gasteiger partial charge in [-0.2, -0.15) is 0 Å². The standard InChI is InChI=1S/C14H18N2O/c1-14(2,3)12(17)9-5-6-10-8-16-13(15-4)11(10)7-9/h5-7H,8H2,1-4H3,(H,15,16). The number of benzene rings is 1. The Hall–Kier alpha value is -1.64. The third-order valence-electron chi connectivity index (χ3n) is 2.98. The van der Waals surface area contributed by atoms with Gasteiger partial charge in [0.15, 0.2) is 5.78 Å². The molecule has 1 heterocycles. The van der Waals surface area contributed by atoms with Crippen molar-refractivity contribution < 1.29 is 4.79 Å². The summed E-state index contributed by atoms with van der Waals surface area (Å²) in [6.07, 6.45) is 0. The Morgan fingerprint density at radius 2 is 2.06 bits per heavy atom. The summed E-state index contributed by atoms with van der Waals surface area (Å²) in [4.78, 5) is 16.4. The van der Waals surface area contributed by atoms with Crippen LogP contribution < -0.4 is 5.32 Å². The molecule has 0 aromatic heterocycles. The van der Waals surface area contributed by atoms with Gasteiger partial charge in [0.25, 0.3) is 0 Å². The lowest BCUT2D eigenvalue weighted by Gasteiger charge is -2.17. The molecule has 0 fully saturated rings. The topological polar surface area (TPSA) is 41.5 Å². The van der Waals surface area contributed by atoms with Crippen molar-refractivity contribution >= 4 is 11.6 Å². The van der Waals surface area contributed by atoms with Gasteiger partial charge in [0.05, 0.1) is 0 Å². The van der Waals surface area contributed by atoms with Crippen LogP contribution in [0, 0.1) is 5.41 Å². The van der Waals surface area contributed by atoms with Gasteiger partial charge < -0.3 is 5.32 Å². The van der Waals surface area contributed by atoms with E-state index < -0.39 is 0 Å². The number of carbonyl (C=O) groups is 1. The van der Waals surface area contributed by atoms with E-state index in [9.17, 15) is 4.79 Å². The van der Waals surface area contributed by atoms with Crippen molar-refractivity contribution in [3.05, 3.63) is 34.9 Å². The van der Waals surface area contributed by atoms with Gasteiger partial charge in [-0.05, 0) is 11.6 Å². The second-order valence-corrected chi connectivity index (χ2v) is 5.38. The third-order valence-corrected chi connectivity index (χ3v) is 2.98. The molecule has 1 N–H and O–H groups in total. The van der Waals surface area contributed by atoms with Crippen molar-refractivity contribution in [2.45, 2.75) is 27.3 Å². The highest BCUT2D eigenvalue weighted by molar-refractivity contribution is 6.06. The van der Waals surface area contributed by atoms with E-state index in [1.165, 1.54) is 5.56 Å². The first-order chi connectivity index (χ1) is 7.93. The molecule has 1 aromatic carbocycles. The van der Waals surface area contributed by atoms with E-state index in [0.29, 0.717) is 0 Å². The lowest BCUT2D eigenvalue weighted by molar-refractivity contribution is 0.0858. The zero-order chi connectivity index (χ0) is 12.6. The highest BCUT2D eigenvalue weighted by atomic mass is 16.1. The predicted molar refractivity (Wildman–Crippen MR) is 69.5 cm³/mol. The van der Waals surface area contributed by atoms with Gasteiger partial charge in [-0.3, -0.25) is 9.79 Å². The molecule has 3 heteroatoms. The van der Waals surface area contributed by atoms with Gasteiger partial charge in [-0.15, -0.1) is 0 Å². The van der Waals surface area contributed by atoms with Crippen molar-refractivity contribution in [2.24, 2.45) is 10.4 Å². The van der Waals surface area contributed by atoms with E-state index in [1.54, 1.807) is 7.05 Å². The van der Waals surface area contributed by atoms with Crippen LogP contribution in [-0.2, 0) is 6.54 Å². The summed E-state index contributed by atoms with van der Waals surface area (Å²) in [6.45, 7) is 6.62. The van der Waals surface area contributed by atoms with Gasteiger partial charge in [0.2, 0.25) is 0 Å². The maximum Gasteiger partial charge on any atom is 0.168 e. The van der Waals surface area contributed by atoms with Crippen LogP contribution in [0.15, 0.2) is 23.2 Å². The van der Waals surface area contributed by atoms with Crippen molar-refractivity contribution in [1.82, 2.24) is 5.32 Å². The monoisotopic (exact) mass is 230 g/mol. The lowest BCUT2D eigenvalue weighted by atomic mass is 9.85. The molecule has 0 unspecified atom stereocenters. The first-order valence-corrected chi connectivity index (χ1v) is 5.82. The van der Waals surface area contributed by atoms with E-state index in [4.69, 9.17) is 0 Å². The zero-order valence-corrected chi connectivity index (χ0v) is 10.8. The molecule has 1 aliphatic rings. The number of aliphatic imine (C=N–C) groups is 1. The van der Waals surface area contributed by atoms with Crippen molar-refractivity contribution in [3.63, 3.8) is 0 Å². The molecule has 90 valence electrons. The number of hydrogen-bond acceptors (Lipinski definition) is 2. The van der Waals surface area contributed by atoms with Crippen LogP contribution in [0.25, 0.3) is 0 Å². The number of carbonyl (C=O) groups excluding carboxylic acids is 1. The number of nitrogens with zero attached hydrogens (tertiary/aromatic N) is 1. The van der Waals surface area contributed by atoms with E-state index in [2.05, 4.69) is 10.3 Å². The molecular formula is C14H18N2O.